The van der Waals surface area contributed by atoms with Crippen molar-refractivity contribution in [3.05, 3.63) is 45.7 Å². The number of aromatic nitrogens is 1. The van der Waals surface area contributed by atoms with Gasteiger partial charge in [0.05, 0.1) is 6.54 Å². The molecule has 1 amide bonds. The van der Waals surface area contributed by atoms with Gasteiger partial charge >= 0.3 is 0 Å². The number of unbranched alkanes of at least 4 members (excludes halogenated alkanes) is 1. The van der Waals surface area contributed by atoms with Crippen LogP contribution in [0.2, 0.25) is 0 Å². The lowest BCUT2D eigenvalue weighted by molar-refractivity contribution is -0.131. The molecule has 0 saturated carbocycles. The van der Waals surface area contributed by atoms with Crippen LogP contribution in [0.4, 0.5) is 0 Å². The highest BCUT2D eigenvalue weighted by atomic mass is 16.2. The number of fused-ring (bicyclic) bond motifs is 1. The molecule has 22 heavy (non-hydrogen) atoms. The molecule has 1 aromatic carbocycles. The van der Waals surface area contributed by atoms with Crippen LogP contribution in [0.15, 0.2) is 29.1 Å². The first-order valence-electron chi connectivity index (χ1n) is 7.95. The Morgan fingerprint density at radius 3 is 2.68 bits per heavy atom. The lowest BCUT2D eigenvalue weighted by atomic mass is 10.1. The molecule has 1 heterocycles. The van der Waals surface area contributed by atoms with Crippen molar-refractivity contribution in [1.29, 1.82) is 0 Å². The summed E-state index contributed by atoms with van der Waals surface area (Å²) in [5, 5.41) is 1.01. The van der Waals surface area contributed by atoms with Crippen molar-refractivity contribution in [3.63, 3.8) is 0 Å². The number of pyridine rings is 1. The zero-order chi connectivity index (χ0) is 16.1. The van der Waals surface area contributed by atoms with E-state index in [-0.39, 0.29) is 11.5 Å². The lowest BCUT2D eigenvalue weighted by Crippen LogP contribution is -2.33. The molecule has 0 bridgehead atoms. The van der Waals surface area contributed by atoms with Gasteiger partial charge in [-0.05, 0) is 36.9 Å². The second-order valence-corrected chi connectivity index (χ2v) is 5.74. The van der Waals surface area contributed by atoms with Crippen LogP contribution >= 0.6 is 0 Å². The van der Waals surface area contributed by atoms with Gasteiger partial charge in [0.25, 0.3) is 5.56 Å². The minimum atomic E-state index is -0.109. The van der Waals surface area contributed by atoms with Gasteiger partial charge in [0.2, 0.25) is 5.91 Å². The van der Waals surface area contributed by atoms with Crippen molar-refractivity contribution >= 4 is 16.8 Å². The van der Waals surface area contributed by atoms with Gasteiger partial charge in [0, 0.05) is 24.0 Å². The summed E-state index contributed by atoms with van der Waals surface area (Å²) in [4.78, 5) is 29.0. The molecule has 0 spiro atoms. The summed E-state index contributed by atoms with van der Waals surface area (Å²) >= 11 is 0. The topological polar surface area (TPSA) is 53.2 Å². The minimum Gasteiger partial charge on any atom is -0.338 e. The van der Waals surface area contributed by atoms with Gasteiger partial charge in [-0.1, -0.05) is 31.9 Å². The monoisotopic (exact) mass is 300 g/mol. The van der Waals surface area contributed by atoms with Gasteiger partial charge in [-0.3, -0.25) is 9.59 Å². The van der Waals surface area contributed by atoms with Gasteiger partial charge in [-0.25, -0.2) is 0 Å². The zero-order valence-electron chi connectivity index (χ0n) is 13.6. The Morgan fingerprint density at radius 2 is 2.00 bits per heavy atom. The van der Waals surface area contributed by atoms with Crippen LogP contribution < -0.4 is 5.56 Å². The number of carbonyl (C=O) groups is 1. The Kier molecular flexibility index (Phi) is 5.36. The summed E-state index contributed by atoms with van der Waals surface area (Å²) in [5.74, 6) is 0.0946. The highest BCUT2D eigenvalue weighted by molar-refractivity contribution is 5.80. The smallest absolute Gasteiger partial charge is 0.253 e. The van der Waals surface area contributed by atoms with E-state index in [1.165, 1.54) is 0 Å². The fraction of sp³-hybridized carbons (Fsp3) is 0.444. The molecular weight excluding hydrogens is 276 g/mol. The van der Waals surface area contributed by atoms with E-state index in [1.54, 1.807) is 4.90 Å². The van der Waals surface area contributed by atoms with E-state index in [2.05, 4.69) is 11.9 Å². The number of nitrogens with one attached hydrogen (secondary N) is 1. The molecule has 4 heteroatoms. The minimum absolute atomic E-state index is 0.0946. The SMILES string of the molecule is CCCCN(Cc1cc2cc(C)ccc2[nH]c1=O)C(=O)CC. The molecule has 1 N–H and O–H groups in total. The summed E-state index contributed by atoms with van der Waals surface area (Å²) in [5.41, 5.74) is 2.53. The van der Waals surface area contributed by atoms with Gasteiger partial charge < -0.3 is 9.88 Å². The Bertz CT molecular complexity index is 719. The van der Waals surface area contributed by atoms with Crippen molar-refractivity contribution in [2.45, 2.75) is 46.6 Å². The molecule has 0 saturated heterocycles. The van der Waals surface area contributed by atoms with Crippen LogP contribution in [0.25, 0.3) is 10.9 Å². The summed E-state index contributed by atoms with van der Waals surface area (Å²) in [6.07, 6.45) is 2.45. The van der Waals surface area contributed by atoms with E-state index in [9.17, 15) is 9.59 Å². The fourth-order valence-corrected chi connectivity index (χ4v) is 2.56. The third-order valence-corrected chi connectivity index (χ3v) is 3.87. The standard InChI is InChI=1S/C18H24N2O2/c1-4-6-9-20(17(21)5-2)12-15-11-14-10-13(3)7-8-16(14)19-18(15)22/h7-8,10-11H,4-6,9,12H2,1-3H3,(H,19,22). The highest BCUT2D eigenvalue weighted by Crippen LogP contribution is 2.14. The molecule has 118 valence electrons. The Labute approximate surface area is 131 Å². The number of H-pyrrole nitrogens is 1. The number of hydrogen-bond acceptors (Lipinski definition) is 2. The zero-order valence-corrected chi connectivity index (χ0v) is 13.6. The first kappa shape index (κ1) is 16.3. The third kappa shape index (κ3) is 3.75. The van der Waals surface area contributed by atoms with Crippen LogP contribution in [-0.4, -0.2) is 22.3 Å². The normalized spacial score (nSPS) is 10.9. The van der Waals surface area contributed by atoms with Crippen LogP contribution in [-0.2, 0) is 11.3 Å². The molecule has 4 nitrogen and oxygen atoms in total. The lowest BCUT2D eigenvalue weighted by Gasteiger charge is -2.22. The Hall–Kier alpha value is -2.10. The van der Waals surface area contributed by atoms with E-state index >= 15 is 0 Å². The maximum atomic E-state index is 12.2. The van der Waals surface area contributed by atoms with E-state index in [1.807, 2.05) is 38.1 Å². The first-order chi connectivity index (χ1) is 10.5. The van der Waals surface area contributed by atoms with Crippen LogP contribution in [0, 0.1) is 6.92 Å². The number of benzene rings is 1. The molecule has 0 aliphatic heterocycles. The number of nitrogens with zero attached hydrogens (tertiary/aromatic N) is 1. The second kappa shape index (κ2) is 7.25. The molecular formula is C18H24N2O2. The number of carbonyl (C=O) groups excluding carboxylic acids is 1. The molecule has 0 fully saturated rings. The molecule has 0 aliphatic rings. The predicted molar refractivity (Wildman–Crippen MR) is 89.9 cm³/mol. The molecule has 2 aromatic rings. The summed E-state index contributed by atoms with van der Waals surface area (Å²) in [7, 11) is 0. The maximum Gasteiger partial charge on any atom is 0.253 e. The van der Waals surface area contributed by atoms with Gasteiger partial charge in [0.15, 0.2) is 0 Å². The quantitative estimate of drug-likeness (QED) is 0.889. The number of aryl methyl sites for hydroxylation is 1. The highest BCUT2D eigenvalue weighted by Gasteiger charge is 2.14. The van der Waals surface area contributed by atoms with Gasteiger partial charge in [-0.2, -0.15) is 0 Å². The van der Waals surface area contributed by atoms with E-state index in [0.29, 0.717) is 25.1 Å². The summed E-state index contributed by atoms with van der Waals surface area (Å²) in [6, 6.07) is 7.85. The first-order valence-corrected chi connectivity index (χ1v) is 7.95. The molecule has 1 aromatic heterocycles. The average molecular weight is 300 g/mol. The van der Waals surface area contributed by atoms with Crippen molar-refractivity contribution in [2.75, 3.05) is 6.54 Å². The molecule has 0 radical (unpaired) electrons. The second-order valence-electron chi connectivity index (χ2n) is 5.74. The fourth-order valence-electron chi connectivity index (χ4n) is 2.56. The van der Waals surface area contributed by atoms with Crippen molar-refractivity contribution < 1.29 is 4.79 Å². The van der Waals surface area contributed by atoms with Gasteiger partial charge in [0.1, 0.15) is 0 Å². The van der Waals surface area contributed by atoms with Crippen molar-refractivity contribution in [2.24, 2.45) is 0 Å². The molecule has 0 unspecified atom stereocenters. The summed E-state index contributed by atoms with van der Waals surface area (Å²) < 4.78 is 0. The van der Waals surface area contributed by atoms with E-state index < -0.39 is 0 Å². The van der Waals surface area contributed by atoms with Crippen molar-refractivity contribution in [3.8, 4) is 0 Å². The number of hydrogen-bond donors (Lipinski definition) is 1. The van der Waals surface area contributed by atoms with Crippen LogP contribution in [0.1, 0.15) is 44.2 Å². The van der Waals surface area contributed by atoms with Crippen molar-refractivity contribution in [1.82, 2.24) is 9.88 Å². The van der Waals surface area contributed by atoms with E-state index in [4.69, 9.17) is 0 Å². The molecule has 2 rings (SSSR count). The summed E-state index contributed by atoms with van der Waals surface area (Å²) in [6.45, 7) is 7.06. The number of amides is 1. The Morgan fingerprint density at radius 1 is 1.23 bits per heavy atom. The maximum absolute atomic E-state index is 12.2. The largest absolute Gasteiger partial charge is 0.338 e. The third-order valence-electron chi connectivity index (χ3n) is 3.87. The van der Waals surface area contributed by atoms with E-state index in [0.717, 1.165) is 29.3 Å². The van der Waals surface area contributed by atoms with Gasteiger partial charge in [-0.15, -0.1) is 0 Å². The number of rotatable bonds is 6. The Balaban J connectivity index is 2.33. The molecule has 0 atom stereocenters. The number of aromatic amines is 1. The predicted octanol–water partition coefficient (Wildman–Crippen LogP) is 3.38. The average Bonchev–Trinajstić information content (AvgIpc) is 2.51. The van der Waals surface area contributed by atoms with Crippen LogP contribution in [0.3, 0.4) is 0 Å². The molecule has 0 aliphatic carbocycles. The van der Waals surface area contributed by atoms with Crippen LogP contribution in [0.5, 0.6) is 0 Å².